The minimum atomic E-state index is -3.86. The van der Waals surface area contributed by atoms with E-state index in [2.05, 4.69) is 20.7 Å². The molecule has 0 radical (unpaired) electrons. The van der Waals surface area contributed by atoms with E-state index in [4.69, 9.17) is 5.11 Å². The van der Waals surface area contributed by atoms with Crippen molar-refractivity contribution in [3.63, 3.8) is 0 Å². The van der Waals surface area contributed by atoms with Crippen LogP contribution in [0.3, 0.4) is 0 Å². The molecule has 156 valence electrons. The normalized spacial score (nSPS) is 10.7. The number of hydrogen-bond acceptors (Lipinski definition) is 5. The van der Waals surface area contributed by atoms with Gasteiger partial charge in [0.15, 0.2) is 0 Å². The Balaban J connectivity index is 0.00000210. The Morgan fingerprint density at radius 1 is 1.03 bits per heavy atom. The van der Waals surface area contributed by atoms with Crippen LogP contribution in [-0.4, -0.2) is 30.4 Å². The highest BCUT2D eigenvalue weighted by Crippen LogP contribution is 2.40. The molecule has 3 N–H and O–H groups in total. The molecule has 3 rings (SSSR count). The van der Waals surface area contributed by atoms with E-state index in [1.165, 1.54) is 18.2 Å². The molecule has 0 heterocycles. The van der Waals surface area contributed by atoms with E-state index in [1.54, 1.807) is 36.4 Å². The van der Waals surface area contributed by atoms with Crippen molar-refractivity contribution in [2.24, 2.45) is 0 Å². The predicted octanol–water partition coefficient (Wildman–Crippen LogP) is 5.56. The summed E-state index contributed by atoms with van der Waals surface area (Å²) < 4.78 is 28.7. The van der Waals surface area contributed by atoms with Gasteiger partial charge in [0.05, 0.1) is 21.2 Å². The van der Waals surface area contributed by atoms with Gasteiger partial charge in [-0.2, -0.15) is 0 Å². The number of sulfonamides is 1. The summed E-state index contributed by atoms with van der Waals surface area (Å²) in [5, 5.41) is 20.3. The number of phenolic OH excluding ortho intramolecular Hbond substituents is 1. The zero-order chi connectivity index (χ0) is 19.6. The van der Waals surface area contributed by atoms with Crippen LogP contribution in [0.15, 0.2) is 68.9 Å². The molecule has 0 saturated heterocycles. The number of carbonyl (C=O) groups is 1. The van der Waals surface area contributed by atoms with Crippen LogP contribution in [0.25, 0.3) is 10.8 Å². The Bertz CT molecular complexity index is 1120. The van der Waals surface area contributed by atoms with Gasteiger partial charge in [0, 0.05) is 15.2 Å². The van der Waals surface area contributed by atoms with E-state index in [-0.39, 0.29) is 41.8 Å². The molecular formula is C20H22BrNO5S2. The molecule has 0 spiro atoms. The molecule has 29 heavy (non-hydrogen) atoms. The molecular weight excluding hydrogens is 478 g/mol. The fraction of sp³-hybridized carbons (Fsp3) is 0.150. The molecule has 3 aromatic rings. The zero-order valence-electron chi connectivity index (χ0n) is 13.7. The fourth-order valence-electron chi connectivity index (χ4n) is 2.49. The SMILES string of the molecule is C.C.O=C(O)CSc1cc(NS(=O)(=O)c2ccc(Br)cc2)c2ccccc2c1O. The maximum absolute atomic E-state index is 12.7. The number of hydrogen-bond donors (Lipinski definition) is 3. The second kappa shape index (κ2) is 10.00. The lowest BCUT2D eigenvalue weighted by atomic mass is 10.1. The molecule has 0 aliphatic rings. The molecule has 9 heteroatoms. The van der Waals surface area contributed by atoms with Crippen LogP contribution >= 0.6 is 27.7 Å². The monoisotopic (exact) mass is 499 g/mol. The minimum Gasteiger partial charge on any atom is -0.506 e. The van der Waals surface area contributed by atoms with Crippen molar-refractivity contribution in [2.75, 3.05) is 10.5 Å². The fourth-order valence-corrected chi connectivity index (χ4v) is 4.55. The smallest absolute Gasteiger partial charge is 0.313 e. The average Bonchev–Trinajstić information content (AvgIpc) is 2.63. The molecule has 0 bridgehead atoms. The summed E-state index contributed by atoms with van der Waals surface area (Å²) >= 11 is 4.18. The second-order valence-electron chi connectivity index (χ2n) is 5.56. The standard InChI is InChI=1S/C18H14BrNO5S2.2CH4/c19-11-5-7-12(8-6-11)27(24,25)20-15-9-16(26-10-17(21)22)18(23)14-4-2-1-3-13(14)15;;/h1-9,20,23H,10H2,(H,21,22);2*1H4. The lowest BCUT2D eigenvalue weighted by Gasteiger charge is -2.14. The van der Waals surface area contributed by atoms with Gasteiger partial charge in [0.1, 0.15) is 5.75 Å². The lowest BCUT2D eigenvalue weighted by molar-refractivity contribution is -0.133. The minimum absolute atomic E-state index is 0. The zero-order valence-corrected chi connectivity index (χ0v) is 16.9. The highest BCUT2D eigenvalue weighted by molar-refractivity contribution is 9.10. The van der Waals surface area contributed by atoms with Gasteiger partial charge in [-0.15, -0.1) is 11.8 Å². The topological polar surface area (TPSA) is 104 Å². The van der Waals surface area contributed by atoms with E-state index in [0.29, 0.717) is 10.8 Å². The van der Waals surface area contributed by atoms with Crippen LogP contribution in [0.4, 0.5) is 5.69 Å². The first kappa shape index (κ1) is 24.8. The Morgan fingerprint density at radius 2 is 1.62 bits per heavy atom. The molecule has 0 aliphatic heterocycles. The number of rotatable bonds is 6. The Morgan fingerprint density at radius 3 is 2.21 bits per heavy atom. The first-order valence-corrected chi connectivity index (χ1v) is 10.9. The first-order chi connectivity index (χ1) is 12.8. The van der Waals surface area contributed by atoms with Gasteiger partial charge in [0.2, 0.25) is 0 Å². The third kappa shape index (κ3) is 5.65. The van der Waals surface area contributed by atoms with Crippen molar-refractivity contribution in [1.29, 1.82) is 0 Å². The van der Waals surface area contributed by atoms with Crippen molar-refractivity contribution in [1.82, 2.24) is 0 Å². The molecule has 0 amide bonds. The quantitative estimate of drug-likeness (QED) is 0.303. The van der Waals surface area contributed by atoms with Gasteiger partial charge in [-0.25, -0.2) is 8.42 Å². The molecule has 0 saturated carbocycles. The van der Waals surface area contributed by atoms with Crippen LogP contribution in [0, 0.1) is 0 Å². The van der Waals surface area contributed by atoms with Gasteiger partial charge in [0.25, 0.3) is 10.0 Å². The van der Waals surface area contributed by atoms with Gasteiger partial charge >= 0.3 is 5.97 Å². The number of halogens is 1. The number of benzene rings is 3. The molecule has 0 fully saturated rings. The van der Waals surface area contributed by atoms with Crippen molar-refractivity contribution >= 4 is 60.1 Å². The maximum Gasteiger partial charge on any atom is 0.313 e. The van der Waals surface area contributed by atoms with Crippen LogP contribution in [0.1, 0.15) is 14.9 Å². The number of aromatic hydroxyl groups is 1. The van der Waals surface area contributed by atoms with Gasteiger partial charge in [-0.1, -0.05) is 55.0 Å². The van der Waals surface area contributed by atoms with E-state index in [9.17, 15) is 18.3 Å². The summed E-state index contributed by atoms with van der Waals surface area (Å²) in [5.41, 5.74) is 0.263. The maximum atomic E-state index is 12.7. The van der Waals surface area contributed by atoms with Crippen LogP contribution in [-0.2, 0) is 14.8 Å². The van der Waals surface area contributed by atoms with Gasteiger partial charge < -0.3 is 10.2 Å². The number of carboxylic acids is 1. The van der Waals surface area contributed by atoms with Crippen molar-refractivity contribution in [3.05, 3.63) is 59.1 Å². The summed E-state index contributed by atoms with van der Waals surface area (Å²) in [5.74, 6) is -1.38. The Kier molecular flexibility index (Phi) is 8.55. The van der Waals surface area contributed by atoms with Crippen LogP contribution < -0.4 is 4.72 Å². The van der Waals surface area contributed by atoms with Crippen molar-refractivity contribution in [3.8, 4) is 5.75 Å². The van der Waals surface area contributed by atoms with E-state index in [0.717, 1.165) is 16.2 Å². The van der Waals surface area contributed by atoms with Crippen molar-refractivity contribution < 1.29 is 23.4 Å². The van der Waals surface area contributed by atoms with Gasteiger partial charge in [-0.3, -0.25) is 9.52 Å². The molecule has 0 unspecified atom stereocenters. The van der Waals surface area contributed by atoms with Crippen molar-refractivity contribution in [2.45, 2.75) is 24.6 Å². The summed E-state index contributed by atoms with van der Waals surface area (Å²) in [6.45, 7) is 0. The number of fused-ring (bicyclic) bond motifs is 1. The van der Waals surface area contributed by atoms with E-state index < -0.39 is 16.0 Å². The van der Waals surface area contributed by atoms with Crippen LogP contribution in [0.5, 0.6) is 5.75 Å². The largest absolute Gasteiger partial charge is 0.506 e. The number of nitrogens with one attached hydrogen (secondary N) is 1. The number of carboxylic acid groups (broad SMARTS) is 1. The highest BCUT2D eigenvalue weighted by Gasteiger charge is 2.19. The molecule has 3 aromatic carbocycles. The van der Waals surface area contributed by atoms with Gasteiger partial charge in [-0.05, 0) is 30.3 Å². The highest BCUT2D eigenvalue weighted by atomic mass is 79.9. The number of thioether (sulfide) groups is 1. The lowest BCUT2D eigenvalue weighted by Crippen LogP contribution is -2.13. The summed E-state index contributed by atoms with van der Waals surface area (Å²) in [4.78, 5) is 11.2. The first-order valence-electron chi connectivity index (χ1n) is 7.65. The average molecular weight is 500 g/mol. The molecule has 0 atom stereocenters. The summed E-state index contributed by atoms with van der Waals surface area (Å²) in [6, 6.07) is 14.4. The number of aliphatic carboxylic acids is 1. The Labute approximate surface area is 183 Å². The second-order valence-corrected chi connectivity index (χ2v) is 9.17. The van der Waals surface area contributed by atoms with Crippen LogP contribution in [0.2, 0.25) is 0 Å². The van der Waals surface area contributed by atoms with E-state index >= 15 is 0 Å². The number of anilines is 1. The molecule has 0 aliphatic carbocycles. The molecule has 6 nitrogen and oxygen atoms in total. The summed E-state index contributed by atoms with van der Waals surface area (Å²) in [6.07, 6.45) is 0. The third-order valence-corrected chi connectivity index (χ3v) is 6.62. The third-order valence-electron chi connectivity index (χ3n) is 3.70. The predicted molar refractivity (Wildman–Crippen MR) is 122 cm³/mol. The number of phenols is 1. The Hall–Kier alpha value is -2.23. The van der Waals surface area contributed by atoms with E-state index in [1.807, 2.05) is 0 Å². The summed E-state index contributed by atoms with van der Waals surface area (Å²) in [7, 11) is -3.86. The molecule has 0 aromatic heterocycles.